The fraction of sp³-hybridized carbons (Fsp3) is 0.649. The van der Waals surface area contributed by atoms with Crippen molar-refractivity contribution in [1.29, 1.82) is 0 Å². The van der Waals surface area contributed by atoms with Gasteiger partial charge in [-0.05, 0) is 102 Å². The average Bonchev–Trinajstić information content (AvgIpc) is 4.09. The molecule has 0 unspecified atom stereocenters. The van der Waals surface area contributed by atoms with Crippen LogP contribution in [-0.2, 0) is 56.0 Å². The van der Waals surface area contributed by atoms with Crippen LogP contribution >= 0.6 is 11.3 Å². The standard InChI is InChI=1S/C40H52N4O6S.C17H30N4O4/c1-28(43-13-18-48-19-14-43)7-8-30-21-34(38(41-24-30)29(2)45-5)39-35(23-40(3,4)26-50-46-6)33-22-31(36-25-51-27-42-36)9-10-37(33)44(39)15-20-49-32-11-16-47-17-12-32;1-17(2,3)25-16(23)19-14(11-20-4-6-24-7-5-20)15(22)21-13-8-12(9-13)10-18-21/h9-10,21-22,24-25,27-29,32H,11-20,23,26H2,1-6H3;12-14,18H,4-11H2,1-3H3,(H,19,23)/t28-,29+;12?,13?,14-/m10/s1. The van der Waals surface area contributed by atoms with Crippen LogP contribution in [0.1, 0.15) is 97.1 Å². The Balaban J connectivity index is 0.000000255. The van der Waals surface area contributed by atoms with Crippen LogP contribution in [0.2, 0.25) is 0 Å². The van der Waals surface area contributed by atoms with Crippen molar-refractivity contribution in [2.45, 2.75) is 123 Å². The number of ether oxygens (including phenoxy) is 6. The van der Waals surface area contributed by atoms with Gasteiger partial charge in [0, 0.05) is 111 Å². The normalized spacial score (nSPS) is 20.9. The first kappa shape index (κ1) is 57.6. The van der Waals surface area contributed by atoms with Crippen molar-refractivity contribution < 1.29 is 47.8 Å². The van der Waals surface area contributed by atoms with Crippen molar-refractivity contribution in [2.75, 3.05) is 106 Å². The smallest absolute Gasteiger partial charge is 0.408 e. The van der Waals surface area contributed by atoms with Gasteiger partial charge in [0.1, 0.15) is 11.6 Å². The van der Waals surface area contributed by atoms with E-state index < -0.39 is 17.7 Å². The van der Waals surface area contributed by atoms with Gasteiger partial charge in [-0.15, -0.1) is 11.3 Å². The van der Waals surface area contributed by atoms with Gasteiger partial charge in [0.2, 0.25) is 0 Å². The number of hydrogen-bond acceptors (Lipinski definition) is 16. The summed E-state index contributed by atoms with van der Waals surface area (Å²) in [5, 5.41) is 7.77. The van der Waals surface area contributed by atoms with E-state index in [1.807, 2.05) is 32.5 Å². The molecule has 2 N–H and O–H groups in total. The maximum absolute atomic E-state index is 13.0. The van der Waals surface area contributed by atoms with Gasteiger partial charge in [0.15, 0.2) is 0 Å². The Hall–Kier alpha value is -4.56. The van der Waals surface area contributed by atoms with E-state index in [-0.39, 0.29) is 35.6 Å². The first-order valence-electron chi connectivity index (χ1n) is 27.2. The Morgan fingerprint density at radius 2 is 1.67 bits per heavy atom. The highest BCUT2D eigenvalue weighted by atomic mass is 32.1. The predicted octanol–water partition coefficient (Wildman–Crippen LogP) is 7.29. The highest BCUT2D eigenvalue weighted by Gasteiger charge is 2.43. The van der Waals surface area contributed by atoms with Crippen molar-refractivity contribution >= 4 is 34.2 Å². The number of thiazole rings is 1. The summed E-state index contributed by atoms with van der Waals surface area (Å²) in [4.78, 5) is 50.1. The summed E-state index contributed by atoms with van der Waals surface area (Å²) in [6, 6.07) is 8.61. The minimum Gasteiger partial charge on any atom is -0.444 e. The van der Waals surface area contributed by atoms with Crippen molar-refractivity contribution in [3.8, 4) is 34.4 Å². The lowest BCUT2D eigenvalue weighted by Gasteiger charge is -2.50. The molecule has 3 atom stereocenters. The molecule has 0 spiro atoms. The maximum Gasteiger partial charge on any atom is 0.408 e. The van der Waals surface area contributed by atoms with Gasteiger partial charge < -0.3 is 38.3 Å². The molecule has 2 amide bonds. The highest BCUT2D eigenvalue weighted by molar-refractivity contribution is 7.07. The van der Waals surface area contributed by atoms with Crippen LogP contribution in [-0.4, -0.2) is 178 Å². The monoisotopic (exact) mass is 1070 g/mol. The number of carbonyl (C=O) groups is 2. The van der Waals surface area contributed by atoms with Crippen LogP contribution in [0.25, 0.3) is 33.4 Å². The number of pyridine rings is 1. The second-order valence-electron chi connectivity index (χ2n) is 22.3. The third kappa shape index (κ3) is 15.4. The molecule has 416 valence electrons. The summed E-state index contributed by atoms with van der Waals surface area (Å²) in [7, 11) is 3.29. The van der Waals surface area contributed by atoms with E-state index in [1.165, 1.54) is 10.9 Å². The Kier molecular flexibility index (Phi) is 20.4. The number of rotatable bonds is 18. The molecule has 2 bridgehead atoms. The largest absolute Gasteiger partial charge is 0.444 e. The van der Waals surface area contributed by atoms with Crippen LogP contribution in [0.3, 0.4) is 0 Å². The molecule has 6 fully saturated rings. The van der Waals surface area contributed by atoms with Crippen LogP contribution in [0, 0.1) is 23.2 Å². The summed E-state index contributed by atoms with van der Waals surface area (Å²) in [6.07, 6.45) is 5.93. The fourth-order valence-electron chi connectivity index (χ4n) is 10.5. The van der Waals surface area contributed by atoms with Crippen molar-refractivity contribution in [2.24, 2.45) is 11.3 Å². The third-order valence-corrected chi connectivity index (χ3v) is 15.4. The summed E-state index contributed by atoms with van der Waals surface area (Å²) in [5.74, 6) is 7.57. The molecule has 10 rings (SSSR count). The van der Waals surface area contributed by atoms with Gasteiger partial charge in [-0.3, -0.25) is 24.6 Å². The number of methoxy groups -OCH3 is 1. The molecule has 8 heterocycles. The number of nitrogens with zero attached hydrogens (tertiary/aromatic N) is 6. The maximum atomic E-state index is 13.0. The van der Waals surface area contributed by atoms with E-state index in [4.69, 9.17) is 43.2 Å². The number of fused-ring (bicyclic) bond motifs is 3. The number of alkyl carbamates (subject to hydrolysis) is 1. The third-order valence-electron chi connectivity index (χ3n) is 14.8. The minimum absolute atomic E-state index is 0.0829. The molecule has 4 aromatic rings. The van der Waals surface area contributed by atoms with Gasteiger partial charge in [0.25, 0.3) is 5.91 Å². The lowest BCUT2D eigenvalue weighted by molar-refractivity contribution is -0.287. The lowest BCUT2D eigenvalue weighted by Crippen LogP contribution is -2.67. The number of hydrazine groups is 1. The molecule has 18 nitrogen and oxygen atoms in total. The fourth-order valence-corrected chi connectivity index (χ4v) is 11.1. The van der Waals surface area contributed by atoms with Gasteiger partial charge in [0.05, 0.1) is 87.6 Å². The molecule has 5 aliphatic heterocycles. The molecular weight excluding hydrogens is 989 g/mol. The Morgan fingerprint density at radius 3 is 2.33 bits per heavy atom. The molecule has 1 aliphatic carbocycles. The predicted molar refractivity (Wildman–Crippen MR) is 292 cm³/mol. The molecule has 1 aromatic carbocycles. The van der Waals surface area contributed by atoms with E-state index >= 15 is 0 Å². The summed E-state index contributed by atoms with van der Waals surface area (Å²) >= 11 is 1.60. The number of nitrogens with one attached hydrogen (secondary N) is 2. The van der Waals surface area contributed by atoms with Crippen LogP contribution < -0.4 is 10.7 Å². The number of hydrogen-bond donors (Lipinski definition) is 2. The Morgan fingerprint density at radius 1 is 0.947 bits per heavy atom. The van der Waals surface area contributed by atoms with Crippen LogP contribution in [0.5, 0.6) is 0 Å². The summed E-state index contributed by atoms with van der Waals surface area (Å²) in [5.41, 5.74) is 12.4. The van der Waals surface area contributed by atoms with E-state index in [9.17, 15) is 9.59 Å². The molecule has 1 saturated carbocycles. The zero-order valence-corrected chi connectivity index (χ0v) is 47.1. The van der Waals surface area contributed by atoms with E-state index in [1.54, 1.807) is 30.6 Å². The molecular formula is C57H82N8O10S. The Bertz CT molecular complexity index is 2570. The molecule has 5 saturated heterocycles. The SMILES string of the molecule is CC(C)(C)OC(=O)N[C@@H](CN1CCOCC1)C(=O)N1NCC2CC1C2.COOCC(C)(C)Cc1c(-c2cc(C#C[C@@H](C)N3CCOCC3)cnc2[C@H](C)OC)n(CCOC2CCOCC2)c2ccc(-c3cscn3)cc12. The van der Waals surface area contributed by atoms with E-state index in [0.29, 0.717) is 45.4 Å². The molecule has 76 heavy (non-hydrogen) atoms. The van der Waals surface area contributed by atoms with Crippen molar-refractivity contribution in [1.82, 2.24) is 40.1 Å². The van der Waals surface area contributed by atoms with Crippen molar-refractivity contribution in [3.63, 3.8) is 0 Å². The Labute approximate surface area is 453 Å². The molecule has 0 radical (unpaired) electrons. The van der Waals surface area contributed by atoms with Crippen LogP contribution in [0.4, 0.5) is 4.79 Å². The quantitative estimate of drug-likeness (QED) is 0.0578. The number of benzene rings is 1. The van der Waals surface area contributed by atoms with Gasteiger partial charge in [-0.2, -0.15) is 0 Å². The zero-order chi connectivity index (χ0) is 53.8. The van der Waals surface area contributed by atoms with Gasteiger partial charge >= 0.3 is 6.09 Å². The zero-order valence-electron chi connectivity index (χ0n) is 46.3. The van der Waals surface area contributed by atoms with Gasteiger partial charge in [-0.25, -0.2) is 25.0 Å². The molecule has 19 heteroatoms. The highest BCUT2D eigenvalue weighted by Crippen LogP contribution is 2.42. The number of morpholine rings is 2. The number of carbonyl (C=O) groups excluding carboxylic acids is 2. The summed E-state index contributed by atoms with van der Waals surface area (Å²) in [6.45, 7) is 24.6. The number of amides is 2. The first-order valence-corrected chi connectivity index (χ1v) is 28.1. The van der Waals surface area contributed by atoms with Crippen LogP contribution in [0.15, 0.2) is 41.4 Å². The average molecular weight is 1070 g/mol. The second-order valence-corrected chi connectivity index (χ2v) is 23.1. The summed E-state index contributed by atoms with van der Waals surface area (Å²) < 4.78 is 36.7. The second kappa shape index (κ2) is 26.9. The van der Waals surface area contributed by atoms with E-state index in [2.05, 4.69) is 99.3 Å². The topological polar surface area (TPSA) is 172 Å². The van der Waals surface area contributed by atoms with Crippen molar-refractivity contribution in [3.05, 3.63) is 58.2 Å². The molecule has 3 aromatic heterocycles. The number of aromatic nitrogens is 3. The van der Waals surface area contributed by atoms with E-state index in [0.717, 1.165) is 131 Å². The minimum atomic E-state index is -0.627. The lowest BCUT2D eigenvalue weighted by atomic mass is 9.78. The molecule has 6 aliphatic rings. The van der Waals surface area contributed by atoms with Gasteiger partial charge in [-0.1, -0.05) is 31.8 Å². The first-order chi connectivity index (χ1) is 36.6.